The Kier molecular flexibility index (Phi) is 7.18. The maximum atomic E-state index is 12.8. The zero-order valence-electron chi connectivity index (χ0n) is 20.8. The molecule has 0 bridgehead atoms. The third-order valence-corrected chi connectivity index (χ3v) is 6.91. The fourth-order valence-corrected chi connectivity index (χ4v) is 4.81. The minimum absolute atomic E-state index is 0.0152. The number of nitrogens with zero attached hydrogens (tertiary/aromatic N) is 3. The van der Waals surface area contributed by atoms with Gasteiger partial charge in [-0.05, 0) is 80.0 Å². The number of hydrogen-bond acceptors (Lipinski definition) is 5. The van der Waals surface area contributed by atoms with Gasteiger partial charge in [0.2, 0.25) is 5.91 Å². The van der Waals surface area contributed by atoms with E-state index >= 15 is 0 Å². The van der Waals surface area contributed by atoms with Crippen LogP contribution in [0.1, 0.15) is 24.2 Å². The summed E-state index contributed by atoms with van der Waals surface area (Å²) in [5.74, 6) is 2.79. The van der Waals surface area contributed by atoms with Crippen LogP contribution in [0.2, 0.25) is 0 Å². The molecular weight excluding hydrogens is 452 g/mol. The molecule has 2 heterocycles. The maximum Gasteiger partial charge on any atom is 0.227 e. The van der Waals surface area contributed by atoms with Crippen molar-refractivity contribution < 1.29 is 14.3 Å². The number of likely N-dealkylation sites (tertiary alicyclic amines) is 1. The predicted molar refractivity (Wildman–Crippen MR) is 141 cm³/mol. The van der Waals surface area contributed by atoms with Gasteiger partial charge in [-0.2, -0.15) is 0 Å². The van der Waals surface area contributed by atoms with Crippen molar-refractivity contribution >= 4 is 22.6 Å². The van der Waals surface area contributed by atoms with Crippen molar-refractivity contribution in [3.05, 3.63) is 84.2 Å². The first-order valence-corrected chi connectivity index (χ1v) is 12.4. The van der Waals surface area contributed by atoms with Crippen LogP contribution in [-0.2, 0) is 17.9 Å². The highest BCUT2D eigenvalue weighted by molar-refractivity contribution is 5.92. The number of rotatable bonds is 8. The van der Waals surface area contributed by atoms with Crippen LogP contribution in [0.4, 0.5) is 5.69 Å². The summed E-state index contributed by atoms with van der Waals surface area (Å²) in [5.41, 5.74) is 4.15. The van der Waals surface area contributed by atoms with E-state index in [1.807, 2.05) is 42.5 Å². The van der Waals surface area contributed by atoms with E-state index < -0.39 is 0 Å². The molecule has 1 aliphatic rings. The normalized spacial score (nSPS) is 14.6. The predicted octanol–water partition coefficient (Wildman–Crippen LogP) is 4.95. The number of piperidine rings is 1. The molecule has 0 spiro atoms. The van der Waals surface area contributed by atoms with Gasteiger partial charge in [-0.25, -0.2) is 4.98 Å². The summed E-state index contributed by atoms with van der Waals surface area (Å²) in [6, 6.07) is 23.9. The third-order valence-electron chi connectivity index (χ3n) is 6.91. The average Bonchev–Trinajstić information content (AvgIpc) is 3.26. The Morgan fingerprint density at radius 3 is 2.19 bits per heavy atom. The lowest BCUT2D eigenvalue weighted by Crippen LogP contribution is -2.38. The first-order chi connectivity index (χ1) is 17.6. The van der Waals surface area contributed by atoms with Crippen molar-refractivity contribution in [3.8, 4) is 11.5 Å². The van der Waals surface area contributed by atoms with Gasteiger partial charge in [-0.3, -0.25) is 9.69 Å². The Morgan fingerprint density at radius 1 is 0.889 bits per heavy atom. The zero-order chi connectivity index (χ0) is 24.9. The number of anilines is 1. The number of methoxy groups -OCH3 is 2. The van der Waals surface area contributed by atoms with E-state index in [0.717, 1.165) is 73.1 Å². The summed E-state index contributed by atoms with van der Waals surface area (Å²) >= 11 is 0. The Hall–Kier alpha value is -3.84. The summed E-state index contributed by atoms with van der Waals surface area (Å²) in [7, 11) is 3.32. The van der Waals surface area contributed by atoms with Gasteiger partial charge in [0.15, 0.2) is 0 Å². The highest BCUT2D eigenvalue weighted by atomic mass is 16.5. The van der Waals surface area contributed by atoms with Crippen molar-refractivity contribution in [2.75, 3.05) is 32.6 Å². The number of aromatic nitrogens is 2. The standard InChI is InChI=1S/C29H32N4O3/c1-35-24-11-7-21(8-12-24)19-33-27-6-4-3-5-26(27)31-28(33)20-32-17-15-22(16-18-32)29(34)30-23-9-13-25(36-2)14-10-23/h3-14,22H,15-20H2,1-2H3,(H,30,34). The molecule has 5 rings (SSSR count). The number of ether oxygens (including phenoxy) is 2. The lowest BCUT2D eigenvalue weighted by atomic mass is 9.96. The molecule has 186 valence electrons. The van der Waals surface area contributed by atoms with Crippen LogP contribution < -0.4 is 14.8 Å². The van der Waals surface area contributed by atoms with E-state index in [0.29, 0.717) is 0 Å². The van der Waals surface area contributed by atoms with Crippen molar-refractivity contribution in [1.82, 2.24) is 14.5 Å². The van der Waals surface area contributed by atoms with E-state index in [2.05, 4.69) is 45.1 Å². The molecule has 0 unspecified atom stereocenters. The lowest BCUT2D eigenvalue weighted by molar-refractivity contribution is -0.121. The van der Waals surface area contributed by atoms with Gasteiger partial charge in [-0.1, -0.05) is 24.3 Å². The molecule has 3 aromatic carbocycles. The molecule has 0 saturated carbocycles. The van der Waals surface area contributed by atoms with Gasteiger partial charge in [0, 0.05) is 18.2 Å². The fraction of sp³-hybridized carbons (Fsp3) is 0.310. The quantitative estimate of drug-likeness (QED) is 0.383. The Morgan fingerprint density at radius 2 is 1.53 bits per heavy atom. The number of benzene rings is 3. The van der Waals surface area contributed by atoms with Crippen LogP contribution in [0.5, 0.6) is 11.5 Å². The molecule has 0 radical (unpaired) electrons. The fourth-order valence-electron chi connectivity index (χ4n) is 4.81. The molecule has 1 saturated heterocycles. The molecule has 36 heavy (non-hydrogen) atoms. The van der Waals surface area contributed by atoms with E-state index in [9.17, 15) is 4.79 Å². The second-order valence-corrected chi connectivity index (χ2v) is 9.22. The van der Waals surface area contributed by atoms with Gasteiger partial charge >= 0.3 is 0 Å². The number of fused-ring (bicyclic) bond motifs is 1. The molecular formula is C29H32N4O3. The number of hydrogen-bond donors (Lipinski definition) is 1. The van der Waals surface area contributed by atoms with Crippen molar-refractivity contribution in [3.63, 3.8) is 0 Å². The van der Waals surface area contributed by atoms with Crippen LogP contribution in [0.3, 0.4) is 0 Å². The Bertz CT molecular complexity index is 1310. The number of carbonyl (C=O) groups is 1. The molecule has 1 aliphatic heterocycles. The first kappa shape index (κ1) is 23.9. The summed E-state index contributed by atoms with van der Waals surface area (Å²) in [4.78, 5) is 20.2. The minimum atomic E-state index is 0.0152. The Labute approximate surface area is 211 Å². The number of amides is 1. The van der Waals surface area contributed by atoms with Crippen LogP contribution >= 0.6 is 0 Å². The molecule has 4 aromatic rings. The molecule has 1 aromatic heterocycles. The third kappa shape index (κ3) is 5.36. The molecule has 1 amide bonds. The monoisotopic (exact) mass is 484 g/mol. The van der Waals surface area contributed by atoms with Crippen LogP contribution in [0.15, 0.2) is 72.8 Å². The van der Waals surface area contributed by atoms with Gasteiger partial charge in [0.1, 0.15) is 17.3 Å². The topological polar surface area (TPSA) is 68.6 Å². The highest BCUT2D eigenvalue weighted by Crippen LogP contribution is 2.24. The average molecular weight is 485 g/mol. The highest BCUT2D eigenvalue weighted by Gasteiger charge is 2.26. The second-order valence-electron chi connectivity index (χ2n) is 9.22. The van der Waals surface area contributed by atoms with E-state index in [4.69, 9.17) is 14.5 Å². The Balaban J connectivity index is 1.24. The number of carbonyl (C=O) groups excluding carboxylic acids is 1. The second kappa shape index (κ2) is 10.8. The van der Waals surface area contributed by atoms with Gasteiger partial charge in [0.05, 0.1) is 31.8 Å². The number of nitrogens with one attached hydrogen (secondary N) is 1. The minimum Gasteiger partial charge on any atom is -0.497 e. The first-order valence-electron chi connectivity index (χ1n) is 12.4. The molecule has 7 nitrogen and oxygen atoms in total. The van der Waals surface area contributed by atoms with Gasteiger partial charge in [0.25, 0.3) is 0 Å². The SMILES string of the molecule is COc1ccc(Cn2c(CN3CCC(C(=O)Nc4ccc(OC)cc4)CC3)nc3ccccc32)cc1. The van der Waals surface area contributed by atoms with Gasteiger partial charge < -0.3 is 19.4 Å². The van der Waals surface area contributed by atoms with Crippen LogP contribution in [0.25, 0.3) is 11.0 Å². The largest absolute Gasteiger partial charge is 0.497 e. The van der Waals surface area contributed by atoms with Crippen LogP contribution in [0, 0.1) is 5.92 Å². The molecule has 0 aliphatic carbocycles. The summed E-state index contributed by atoms with van der Waals surface area (Å²) in [6.45, 7) is 3.25. The summed E-state index contributed by atoms with van der Waals surface area (Å²) in [5, 5.41) is 3.05. The molecule has 7 heteroatoms. The number of para-hydroxylation sites is 2. The lowest BCUT2D eigenvalue weighted by Gasteiger charge is -2.31. The van der Waals surface area contributed by atoms with E-state index in [1.54, 1.807) is 14.2 Å². The van der Waals surface area contributed by atoms with Crippen molar-refractivity contribution in [2.45, 2.75) is 25.9 Å². The van der Waals surface area contributed by atoms with Crippen molar-refractivity contribution in [1.29, 1.82) is 0 Å². The smallest absolute Gasteiger partial charge is 0.227 e. The molecule has 0 atom stereocenters. The number of imidazole rings is 1. The van der Waals surface area contributed by atoms with E-state index in [1.165, 1.54) is 5.56 Å². The summed E-state index contributed by atoms with van der Waals surface area (Å²) < 4.78 is 12.8. The van der Waals surface area contributed by atoms with Gasteiger partial charge in [-0.15, -0.1) is 0 Å². The van der Waals surface area contributed by atoms with E-state index in [-0.39, 0.29) is 11.8 Å². The molecule has 1 fully saturated rings. The maximum absolute atomic E-state index is 12.8. The van der Waals surface area contributed by atoms with Crippen molar-refractivity contribution in [2.24, 2.45) is 5.92 Å². The summed E-state index contributed by atoms with van der Waals surface area (Å²) in [6.07, 6.45) is 1.67. The molecule has 1 N–H and O–H groups in total. The van der Waals surface area contributed by atoms with Crippen LogP contribution in [-0.4, -0.2) is 47.7 Å². The zero-order valence-corrected chi connectivity index (χ0v) is 20.8.